The van der Waals surface area contributed by atoms with Crippen LogP contribution in [-0.2, 0) is 6.54 Å². The minimum Gasteiger partial charge on any atom is -0.497 e. The van der Waals surface area contributed by atoms with Crippen molar-refractivity contribution in [2.75, 3.05) is 42.8 Å². The first-order chi connectivity index (χ1) is 16.4. The van der Waals surface area contributed by atoms with E-state index in [0.717, 1.165) is 31.5 Å². The van der Waals surface area contributed by atoms with Crippen molar-refractivity contribution in [1.29, 1.82) is 0 Å². The van der Waals surface area contributed by atoms with E-state index >= 15 is 0 Å². The van der Waals surface area contributed by atoms with Crippen LogP contribution < -0.4 is 35.9 Å². The lowest BCUT2D eigenvalue weighted by atomic mass is 9.98. The average molecular weight is 464 g/mol. The number of carbonyl (C=O) groups is 1. The summed E-state index contributed by atoms with van der Waals surface area (Å²) in [4.78, 5) is 39.1. The molecule has 0 aliphatic carbocycles. The predicted octanol–water partition coefficient (Wildman–Crippen LogP) is 3.40. The Morgan fingerprint density at radius 3 is 2.35 bits per heavy atom. The zero-order valence-electron chi connectivity index (χ0n) is 19.6. The highest BCUT2D eigenvalue weighted by atomic mass is 16.5. The number of carbonyl (C=O) groups excluding carboxylic acids is 1. The molecule has 2 N–H and O–H groups in total. The largest absolute Gasteiger partial charge is 0.497 e. The highest BCUT2D eigenvalue weighted by molar-refractivity contribution is 6.05. The number of amides is 1. The lowest BCUT2D eigenvalue weighted by Gasteiger charge is -2.33. The minimum absolute atomic E-state index is 0.282. The van der Waals surface area contributed by atoms with E-state index in [0.29, 0.717) is 46.6 Å². The van der Waals surface area contributed by atoms with Crippen molar-refractivity contribution in [2.45, 2.75) is 26.3 Å². The second-order valence-corrected chi connectivity index (χ2v) is 8.62. The van der Waals surface area contributed by atoms with E-state index in [1.165, 1.54) is 7.11 Å². The molecule has 4 rings (SSSR count). The number of hydrogen-bond donors (Lipinski definition) is 2. The number of methoxy groups -OCH3 is 2. The van der Waals surface area contributed by atoms with Crippen LogP contribution in [0.25, 0.3) is 0 Å². The molecule has 8 heteroatoms. The summed E-state index contributed by atoms with van der Waals surface area (Å²) in [6.07, 6.45) is 2.03. The normalized spacial score (nSPS) is 14.1. The zero-order valence-corrected chi connectivity index (χ0v) is 19.6. The molecule has 0 unspecified atom stereocenters. The van der Waals surface area contributed by atoms with Crippen LogP contribution in [0.3, 0.4) is 0 Å². The minimum atomic E-state index is -0.461. The van der Waals surface area contributed by atoms with Crippen LogP contribution >= 0.6 is 0 Å². The molecule has 0 radical (unpaired) electrons. The molecule has 1 aliphatic rings. The van der Waals surface area contributed by atoms with Gasteiger partial charge in [-0.3, -0.25) is 14.4 Å². The van der Waals surface area contributed by atoms with Crippen LogP contribution in [-0.4, -0.2) is 33.2 Å². The summed E-state index contributed by atoms with van der Waals surface area (Å²) in [6, 6.07) is 12.2. The van der Waals surface area contributed by atoms with Crippen molar-refractivity contribution in [3.05, 3.63) is 74.0 Å². The third-order valence-electron chi connectivity index (χ3n) is 6.33. The summed E-state index contributed by atoms with van der Waals surface area (Å²) in [5.41, 5.74) is 1.92. The van der Waals surface area contributed by atoms with Gasteiger partial charge in [-0.1, -0.05) is 19.1 Å². The molecule has 1 saturated heterocycles. The van der Waals surface area contributed by atoms with Gasteiger partial charge in [-0.05, 0) is 48.6 Å². The van der Waals surface area contributed by atoms with Crippen molar-refractivity contribution in [3.63, 3.8) is 0 Å². The Hall–Kier alpha value is -3.81. The van der Waals surface area contributed by atoms with E-state index in [2.05, 4.69) is 17.6 Å². The Morgan fingerprint density at radius 1 is 1.00 bits per heavy atom. The lowest BCUT2D eigenvalue weighted by molar-refractivity contribution is 0.102. The van der Waals surface area contributed by atoms with Crippen molar-refractivity contribution in [3.8, 4) is 11.5 Å². The molecule has 0 spiro atoms. The molecule has 3 aromatic rings. The van der Waals surface area contributed by atoms with Gasteiger partial charge in [0.2, 0.25) is 0 Å². The molecule has 178 valence electrons. The molecule has 1 fully saturated rings. The molecular weight excluding hydrogens is 434 g/mol. The molecule has 34 heavy (non-hydrogen) atoms. The maximum atomic E-state index is 12.7. The average Bonchev–Trinajstić information content (AvgIpc) is 2.87. The number of rotatable bonds is 8. The Bertz CT molecular complexity index is 1240. The van der Waals surface area contributed by atoms with Gasteiger partial charge in [-0.2, -0.15) is 0 Å². The molecular formula is C26H29N3O5. The molecule has 8 nitrogen and oxygen atoms in total. The standard InChI is InChI=1S/C26H29N3O5/c1-16-10-12-29(13-11-16)23-22(24(30)25(23)31)27-15-17-4-6-18(7-5-17)26(32)28-20-14-19(33-2)8-9-21(20)34-3/h4-9,14,16,27H,10-13,15H2,1-3H3,(H,28,32). The van der Waals surface area contributed by atoms with Gasteiger partial charge >= 0.3 is 0 Å². The van der Waals surface area contributed by atoms with Gasteiger partial charge in [-0.25, -0.2) is 0 Å². The van der Waals surface area contributed by atoms with Gasteiger partial charge in [0.15, 0.2) is 0 Å². The summed E-state index contributed by atoms with van der Waals surface area (Å²) in [5.74, 6) is 1.49. The number of nitrogens with one attached hydrogen (secondary N) is 2. The summed E-state index contributed by atoms with van der Waals surface area (Å²) in [6.45, 7) is 4.18. The highest BCUT2D eigenvalue weighted by Gasteiger charge is 2.28. The van der Waals surface area contributed by atoms with Crippen LogP contribution in [0, 0.1) is 5.92 Å². The Labute approximate surface area is 198 Å². The van der Waals surface area contributed by atoms with Crippen LogP contribution in [0.4, 0.5) is 17.1 Å². The maximum absolute atomic E-state index is 12.7. The second kappa shape index (κ2) is 9.99. The number of nitrogens with zero attached hydrogens (tertiary/aromatic N) is 1. The summed E-state index contributed by atoms with van der Waals surface area (Å²) in [7, 11) is 3.09. The predicted molar refractivity (Wildman–Crippen MR) is 133 cm³/mol. The number of piperidine rings is 1. The van der Waals surface area contributed by atoms with E-state index in [1.54, 1.807) is 37.4 Å². The first-order valence-electron chi connectivity index (χ1n) is 11.4. The molecule has 0 saturated carbocycles. The second-order valence-electron chi connectivity index (χ2n) is 8.62. The Morgan fingerprint density at radius 2 is 1.71 bits per heavy atom. The molecule has 0 aromatic heterocycles. The lowest BCUT2D eigenvalue weighted by Crippen LogP contribution is -2.45. The molecule has 1 aliphatic heterocycles. The molecule has 0 bridgehead atoms. The Balaban J connectivity index is 1.40. The molecule has 1 amide bonds. The third kappa shape index (κ3) is 4.76. The zero-order chi connectivity index (χ0) is 24.2. The van der Waals surface area contributed by atoms with E-state index in [-0.39, 0.29) is 5.91 Å². The van der Waals surface area contributed by atoms with Crippen LogP contribution in [0.15, 0.2) is 52.1 Å². The fraction of sp³-hybridized carbons (Fsp3) is 0.346. The molecule has 3 aromatic carbocycles. The van der Waals surface area contributed by atoms with Crippen molar-refractivity contribution in [2.24, 2.45) is 5.92 Å². The molecule has 0 atom stereocenters. The quantitative estimate of drug-likeness (QED) is 0.494. The van der Waals surface area contributed by atoms with Gasteiger partial charge in [0.25, 0.3) is 16.8 Å². The number of ether oxygens (including phenoxy) is 2. The first kappa shape index (κ1) is 23.4. The number of anilines is 3. The van der Waals surface area contributed by atoms with E-state index in [9.17, 15) is 14.4 Å². The van der Waals surface area contributed by atoms with Crippen LogP contribution in [0.1, 0.15) is 35.7 Å². The smallest absolute Gasteiger partial charge is 0.255 e. The summed E-state index contributed by atoms with van der Waals surface area (Å²) < 4.78 is 10.5. The Kier molecular flexibility index (Phi) is 6.86. The van der Waals surface area contributed by atoms with Crippen LogP contribution in [0.2, 0.25) is 0 Å². The summed E-state index contributed by atoms with van der Waals surface area (Å²) >= 11 is 0. The fourth-order valence-corrected chi connectivity index (χ4v) is 4.15. The monoisotopic (exact) mass is 463 g/mol. The van der Waals surface area contributed by atoms with Gasteiger partial charge in [0, 0.05) is 31.3 Å². The van der Waals surface area contributed by atoms with E-state index in [4.69, 9.17) is 9.47 Å². The topological polar surface area (TPSA) is 97.0 Å². The SMILES string of the molecule is COc1ccc(OC)c(NC(=O)c2ccc(CNc3c(N4CCC(C)CC4)c(=O)c3=O)cc2)c1. The van der Waals surface area contributed by atoms with Crippen molar-refractivity contribution < 1.29 is 14.3 Å². The summed E-state index contributed by atoms with van der Waals surface area (Å²) in [5, 5.41) is 5.97. The van der Waals surface area contributed by atoms with E-state index < -0.39 is 10.9 Å². The highest BCUT2D eigenvalue weighted by Crippen LogP contribution is 2.29. The van der Waals surface area contributed by atoms with Crippen molar-refractivity contribution >= 4 is 23.0 Å². The number of benzene rings is 2. The third-order valence-corrected chi connectivity index (χ3v) is 6.33. The van der Waals surface area contributed by atoms with Gasteiger partial charge in [0.1, 0.15) is 22.9 Å². The van der Waals surface area contributed by atoms with Gasteiger partial charge in [-0.15, -0.1) is 0 Å². The van der Waals surface area contributed by atoms with Crippen LogP contribution in [0.5, 0.6) is 11.5 Å². The molecule has 1 heterocycles. The fourth-order valence-electron chi connectivity index (χ4n) is 4.15. The maximum Gasteiger partial charge on any atom is 0.255 e. The van der Waals surface area contributed by atoms with Crippen molar-refractivity contribution in [1.82, 2.24) is 0 Å². The van der Waals surface area contributed by atoms with E-state index in [1.807, 2.05) is 17.0 Å². The number of hydrogen-bond acceptors (Lipinski definition) is 7. The van der Waals surface area contributed by atoms with Gasteiger partial charge in [0.05, 0.1) is 19.9 Å². The van der Waals surface area contributed by atoms with Gasteiger partial charge < -0.3 is 25.0 Å². The first-order valence-corrected chi connectivity index (χ1v) is 11.4.